The van der Waals surface area contributed by atoms with Crippen LogP contribution >= 0.6 is 0 Å². The van der Waals surface area contributed by atoms with Gasteiger partial charge in [0.1, 0.15) is 5.69 Å². The molecule has 2 rings (SSSR count). The monoisotopic (exact) mass is 266 g/mol. The summed E-state index contributed by atoms with van der Waals surface area (Å²) < 4.78 is 37.0. The fourth-order valence-electron chi connectivity index (χ4n) is 1.58. The molecular weight excluding hydrogens is 253 g/mol. The molecule has 0 aliphatic rings. The third kappa shape index (κ3) is 3.71. The average Bonchev–Trinajstić information content (AvgIpc) is 2.37. The van der Waals surface area contributed by atoms with Crippen molar-refractivity contribution in [2.24, 2.45) is 0 Å². The first-order valence-electron chi connectivity index (χ1n) is 5.78. The van der Waals surface area contributed by atoms with E-state index in [1.807, 2.05) is 31.2 Å². The Morgan fingerprint density at radius 3 is 2.26 bits per heavy atom. The number of anilines is 1. The first-order chi connectivity index (χ1) is 8.95. The first-order valence-corrected chi connectivity index (χ1v) is 5.78. The van der Waals surface area contributed by atoms with Gasteiger partial charge in [0.15, 0.2) is 0 Å². The summed E-state index contributed by atoms with van der Waals surface area (Å²) in [5.41, 5.74) is 1.91. The molecule has 0 saturated heterocycles. The van der Waals surface area contributed by atoms with Crippen LogP contribution in [0.2, 0.25) is 0 Å². The predicted molar refractivity (Wildman–Crippen MR) is 67.7 cm³/mol. The zero-order valence-electron chi connectivity index (χ0n) is 10.3. The van der Waals surface area contributed by atoms with E-state index in [9.17, 15) is 13.2 Å². The molecule has 1 heterocycles. The van der Waals surface area contributed by atoms with Crippen LogP contribution in [0.1, 0.15) is 16.8 Å². The molecule has 0 aliphatic heterocycles. The molecule has 0 atom stereocenters. The number of hydrogen-bond donors (Lipinski definition) is 1. The van der Waals surface area contributed by atoms with Crippen LogP contribution in [0.25, 0.3) is 0 Å². The summed E-state index contributed by atoms with van der Waals surface area (Å²) in [5.74, 6) is 0. The van der Waals surface area contributed by atoms with Gasteiger partial charge >= 0.3 is 6.18 Å². The van der Waals surface area contributed by atoms with E-state index in [-0.39, 0.29) is 0 Å². The van der Waals surface area contributed by atoms with Crippen molar-refractivity contribution in [1.29, 1.82) is 0 Å². The van der Waals surface area contributed by atoms with Crippen LogP contribution in [-0.2, 0) is 12.7 Å². The minimum Gasteiger partial charge on any atom is -0.380 e. The Hall–Kier alpha value is -2.04. The fraction of sp³-hybridized carbons (Fsp3) is 0.214. The largest absolute Gasteiger partial charge is 0.433 e. The summed E-state index contributed by atoms with van der Waals surface area (Å²) in [7, 11) is 0. The zero-order valence-corrected chi connectivity index (χ0v) is 10.3. The van der Waals surface area contributed by atoms with E-state index in [1.54, 1.807) is 0 Å². The van der Waals surface area contributed by atoms with Crippen LogP contribution in [0.15, 0.2) is 42.6 Å². The molecule has 1 aromatic heterocycles. The van der Waals surface area contributed by atoms with E-state index in [0.29, 0.717) is 12.2 Å². The van der Waals surface area contributed by atoms with Gasteiger partial charge in [0, 0.05) is 6.54 Å². The van der Waals surface area contributed by atoms with Crippen molar-refractivity contribution in [2.75, 3.05) is 5.32 Å². The fourth-order valence-corrected chi connectivity index (χ4v) is 1.58. The van der Waals surface area contributed by atoms with Crippen LogP contribution < -0.4 is 5.32 Å². The van der Waals surface area contributed by atoms with Crippen molar-refractivity contribution in [3.8, 4) is 0 Å². The van der Waals surface area contributed by atoms with E-state index in [0.717, 1.165) is 11.6 Å². The highest BCUT2D eigenvalue weighted by Gasteiger charge is 2.31. The Kier molecular flexibility index (Phi) is 3.74. The van der Waals surface area contributed by atoms with Gasteiger partial charge in [-0.1, -0.05) is 29.8 Å². The van der Waals surface area contributed by atoms with E-state index in [2.05, 4.69) is 10.3 Å². The number of rotatable bonds is 3. The number of pyridine rings is 1. The van der Waals surface area contributed by atoms with Crippen molar-refractivity contribution in [3.63, 3.8) is 0 Å². The maximum Gasteiger partial charge on any atom is 0.433 e. The van der Waals surface area contributed by atoms with E-state index in [4.69, 9.17) is 0 Å². The molecule has 19 heavy (non-hydrogen) atoms. The van der Waals surface area contributed by atoms with Gasteiger partial charge in [-0.2, -0.15) is 13.2 Å². The summed E-state index contributed by atoms with van der Waals surface area (Å²) in [6, 6.07) is 10.3. The number of benzene rings is 1. The molecule has 0 unspecified atom stereocenters. The Bertz CT molecular complexity index is 530. The molecular formula is C14H13F3N2. The number of aryl methyl sites for hydroxylation is 1. The number of halogens is 3. The highest BCUT2D eigenvalue weighted by Crippen LogP contribution is 2.27. The van der Waals surface area contributed by atoms with Crippen LogP contribution in [0.3, 0.4) is 0 Å². The number of nitrogens with zero attached hydrogens (tertiary/aromatic N) is 1. The zero-order chi connectivity index (χ0) is 13.9. The number of hydrogen-bond acceptors (Lipinski definition) is 2. The highest BCUT2D eigenvalue weighted by atomic mass is 19.4. The highest BCUT2D eigenvalue weighted by molar-refractivity contribution is 5.42. The molecule has 0 radical (unpaired) electrons. The van der Waals surface area contributed by atoms with Gasteiger partial charge < -0.3 is 5.32 Å². The van der Waals surface area contributed by atoms with E-state index < -0.39 is 11.9 Å². The lowest BCUT2D eigenvalue weighted by molar-refractivity contribution is -0.141. The van der Waals surface area contributed by atoms with Crippen LogP contribution in [0.5, 0.6) is 0 Å². The van der Waals surface area contributed by atoms with Gasteiger partial charge in [0.05, 0.1) is 11.9 Å². The number of alkyl halides is 3. The second-order valence-corrected chi connectivity index (χ2v) is 4.27. The molecule has 0 spiro atoms. The summed E-state index contributed by atoms with van der Waals surface area (Å²) in [6.07, 6.45) is -3.20. The molecule has 1 aromatic carbocycles. The van der Waals surface area contributed by atoms with Gasteiger partial charge in [-0.3, -0.25) is 0 Å². The Morgan fingerprint density at radius 1 is 1.05 bits per heavy atom. The minimum atomic E-state index is -4.39. The molecule has 5 heteroatoms. The third-order valence-electron chi connectivity index (χ3n) is 2.67. The summed E-state index contributed by atoms with van der Waals surface area (Å²) in [6.45, 7) is 2.55. The molecule has 0 fully saturated rings. The summed E-state index contributed by atoms with van der Waals surface area (Å²) >= 11 is 0. The van der Waals surface area contributed by atoms with Crippen molar-refractivity contribution in [3.05, 3.63) is 59.4 Å². The Labute approximate surface area is 109 Å². The van der Waals surface area contributed by atoms with Gasteiger partial charge in [0.2, 0.25) is 0 Å². The standard InChI is InChI=1S/C14H13F3N2/c1-10-2-4-11(5-3-10)8-18-12-6-7-13(19-9-12)14(15,16)17/h2-7,9,18H,8H2,1H3. The van der Waals surface area contributed by atoms with Crippen molar-refractivity contribution in [2.45, 2.75) is 19.6 Å². The van der Waals surface area contributed by atoms with Crippen molar-refractivity contribution < 1.29 is 13.2 Å². The molecule has 2 aromatic rings. The Balaban J connectivity index is 1.98. The number of nitrogens with one attached hydrogen (secondary N) is 1. The molecule has 1 N–H and O–H groups in total. The second kappa shape index (κ2) is 5.30. The molecule has 0 bridgehead atoms. The van der Waals surface area contributed by atoms with E-state index >= 15 is 0 Å². The maximum atomic E-state index is 12.3. The van der Waals surface area contributed by atoms with Crippen molar-refractivity contribution in [1.82, 2.24) is 4.98 Å². The lowest BCUT2D eigenvalue weighted by atomic mass is 10.1. The molecule has 0 amide bonds. The molecule has 2 nitrogen and oxygen atoms in total. The smallest absolute Gasteiger partial charge is 0.380 e. The summed E-state index contributed by atoms with van der Waals surface area (Å²) in [5, 5.41) is 3.03. The van der Waals surface area contributed by atoms with Gasteiger partial charge in [-0.25, -0.2) is 4.98 Å². The third-order valence-corrected chi connectivity index (χ3v) is 2.67. The lowest BCUT2D eigenvalue weighted by Gasteiger charge is -2.09. The van der Waals surface area contributed by atoms with Crippen LogP contribution in [0.4, 0.5) is 18.9 Å². The minimum absolute atomic E-state index is 0.549. The van der Waals surface area contributed by atoms with Gasteiger partial charge in [0.25, 0.3) is 0 Å². The van der Waals surface area contributed by atoms with Crippen LogP contribution in [-0.4, -0.2) is 4.98 Å². The lowest BCUT2D eigenvalue weighted by Crippen LogP contribution is -2.08. The van der Waals surface area contributed by atoms with E-state index in [1.165, 1.54) is 17.8 Å². The molecule has 0 saturated carbocycles. The SMILES string of the molecule is Cc1ccc(CNc2ccc(C(F)(F)F)nc2)cc1. The molecule has 0 aliphatic carbocycles. The average molecular weight is 266 g/mol. The summed E-state index contributed by atoms with van der Waals surface area (Å²) in [4.78, 5) is 3.39. The normalized spacial score (nSPS) is 11.4. The first kappa shape index (κ1) is 13.4. The molecule has 100 valence electrons. The topological polar surface area (TPSA) is 24.9 Å². The van der Waals surface area contributed by atoms with Gasteiger partial charge in [-0.05, 0) is 24.6 Å². The quantitative estimate of drug-likeness (QED) is 0.907. The second-order valence-electron chi connectivity index (χ2n) is 4.27. The number of aromatic nitrogens is 1. The maximum absolute atomic E-state index is 12.3. The van der Waals surface area contributed by atoms with Crippen molar-refractivity contribution >= 4 is 5.69 Å². The van der Waals surface area contributed by atoms with Gasteiger partial charge in [-0.15, -0.1) is 0 Å². The van der Waals surface area contributed by atoms with Crippen LogP contribution in [0, 0.1) is 6.92 Å². The Morgan fingerprint density at radius 2 is 1.74 bits per heavy atom. The predicted octanol–water partition coefficient (Wildman–Crippen LogP) is 4.02.